The Kier molecular flexibility index (Phi) is 4.78. The molecular weight excluding hydrogens is 330 g/mol. The lowest BCUT2D eigenvalue weighted by Gasteiger charge is -2.36. The van der Waals surface area contributed by atoms with Gasteiger partial charge in [0.05, 0.1) is 5.92 Å². The first kappa shape index (κ1) is 14.8. The number of carbonyl (C=O) groups excluding carboxylic acids is 1. The van der Waals surface area contributed by atoms with Gasteiger partial charge in [0, 0.05) is 36.8 Å². The van der Waals surface area contributed by atoms with E-state index in [1.165, 1.54) is 6.42 Å². The van der Waals surface area contributed by atoms with E-state index in [0.29, 0.717) is 5.91 Å². The largest absolute Gasteiger partial charge is 0.356 e. The van der Waals surface area contributed by atoms with Crippen LogP contribution in [0.25, 0.3) is 0 Å². The second-order valence-corrected chi connectivity index (χ2v) is 6.92. The van der Waals surface area contributed by atoms with Crippen molar-refractivity contribution in [3.63, 3.8) is 0 Å². The molecule has 1 aromatic heterocycles. The normalized spacial score (nSPS) is 23.2. The van der Waals surface area contributed by atoms with Gasteiger partial charge in [0.15, 0.2) is 0 Å². The SMILES string of the molecule is O=C(C1CCCN(c2ccc(Br)cn2)C1)N1CCCCC1. The number of hydrogen-bond donors (Lipinski definition) is 0. The van der Waals surface area contributed by atoms with Crippen molar-refractivity contribution in [3.8, 4) is 0 Å². The molecule has 2 saturated heterocycles. The van der Waals surface area contributed by atoms with E-state index < -0.39 is 0 Å². The van der Waals surface area contributed by atoms with Crippen molar-refractivity contribution < 1.29 is 4.79 Å². The van der Waals surface area contributed by atoms with Crippen LogP contribution in [0.5, 0.6) is 0 Å². The summed E-state index contributed by atoms with van der Waals surface area (Å²) in [5.41, 5.74) is 0. The molecule has 0 aromatic carbocycles. The summed E-state index contributed by atoms with van der Waals surface area (Å²) in [4.78, 5) is 21.4. The number of carbonyl (C=O) groups is 1. The van der Waals surface area contributed by atoms with Gasteiger partial charge in [-0.05, 0) is 60.2 Å². The molecule has 5 heteroatoms. The van der Waals surface area contributed by atoms with Crippen molar-refractivity contribution in [1.29, 1.82) is 0 Å². The first-order valence-electron chi connectivity index (χ1n) is 7.89. The fourth-order valence-corrected chi connectivity index (χ4v) is 3.55. The summed E-state index contributed by atoms with van der Waals surface area (Å²) in [6.07, 6.45) is 7.51. The van der Waals surface area contributed by atoms with Crippen molar-refractivity contribution in [2.24, 2.45) is 5.92 Å². The molecular formula is C16H22BrN3O. The van der Waals surface area contributed by atoms with Gasteiger partial charge in [-0.2, -0.15) is 0 Å². The molecule has 3 rings (SSSR count). The third-order valence-electron chi connectivity index (χ3n) is 4.47. The van der Waals surface area contributed by atoms with Gasteiger partial charge in [0.2, 0.25) is 5.91 Å². The second kappa shape index (κ2) is 6.77. The highest BCUT2D eigenvalue weighted by molar-refractivity contribution is 9.10. The quantitative estimate of drug-likeness (QED) is 0.821. The molecule has 1 aromatic rings. The highest BCUT2D eigenvalue weighted by atomic mass is 79.9. The molecule has 0 bridgehead atoms. The molecule has 4 nitrogen and oxygen atoms in total. The van der Waals surface area contributed by atoms with Crippen LogP contribution in [0.4, 0.5) is 5.82 Å². The van der Waals surface area contributed by atoms with Crippen LogP contribution in [0.3, 0.4) is 0 Å². The standard InChI is InChI=1S/C16H22BrN3O/c17-14-6-7-15(18-11-14)20-10-4-5-13(12-20)16(21)19-8-2-1-3-9-19/h6-7,11,13H,1-5,8-10,12H2. The summed E-state index contributed by atoms with van der Waals surface area (Å²) in [5.74, 6) is 1.48. The molecule has 0 N–H and O–H groups in total. The maximum Gasteiger partial charge on any atom is 0.227 e. The Hall–Kier alpha value is -1.10. The van der Waals surface area contributed by atoms with E-state index in [9.17, 15) is 4.79 Å². The van der Waals surface area contributed by atoms with Crippen molar-refractivity contribution >= 4 is 27.7 Å². The number of pyridine rings is 1. The van der Waals surface area contributed by atoms with Crippen LogP contribution in [0.1, 0.15) is 32.1 Å². The van der Waals surface area contributed by atoms with Crippen LogP contribution >= 0.6 is 15.9 Å². The molecule has 3 heterocycles. The Morgan fingerprint density at radius 2 is 1.95 bits per heavy atom. The van der Waals surface area contributed by atoms with Crippen LogP contribution in [-0.2, 0) is 4.79 Å². The van der Waals surface area contributed by atoms with Gasteiger partial charge >= 0.3 is 0 Å². The maximum absolute atomic E-state index is 12.7. The van der Waals surface area contributed by atoms with Crippen molar-refractivity contribution in [2.45, 2.75) is 32.1 Å². The number of hydrogen-bond acceptors (Lipinski definition) is 3. The Balaban J connectivity index is 1.64. The molecule has 2 aliphatic rings. The number of piperidine rings is 2. The summed E-state index contributed by atoms with van der Waals surface area (Å²) in [6.45, 7) is 3.71. The second-order valence-electron chi connectivity index (χ2n) is 6.01. The van der Waals surface area contributed by atoms with Crippen LogP contribution in [0, 0.1) is 5.92 Å². The summed E-state index contributed by atoms with van der Waals surface area (Å²) in [5, 5.41) is 0. The van der Waals surface area contributed by atoms with Crippen LogP contribution in [-0.4, -0.2) is 42.0 Å². The molecule has 0 saturated carbocycles. The molecule has 0 aliphatic carbocycles. The minimum Gasteiger partial charge on any atom is -0.356 e. The average molecular weight is 352 g/mol. The molecule has 21 heavy (non-hydrogen) atoms. The number of rotatable bonds is 2. The Bertz CT molecular complexity index is 485. The minimum atomic E-state index is 0.141. The van der Waals surface area contributed by atoms with Crippen LogP contribution < -0.4 is 4.90 Å². The zero-order valence-electron chi connectivity index (χ0n) is 12.3. The highest BCUT2D eigenvalue weighted by Crippen LogP contribution is 2.25. The summed E-state index contributed by atoms with van der Waals surface area (Å²) < 4.78 is 0.990. The molecule has 0 radical (unpaired) electrons. The summed E-state index contributed by atoms with van der Waals surface area (Å²) in [6, 6.07) is 4.04. The van der Waals surface area contributed by atoms with Crippen molar-refractivity contribution in [2.75, 3.05) is 31.1 Å². The van der Waals surface area contributed by atoms with Gasteiger partial charge in [0.25, 0.3) is 0 Å². The predicted octanol–water partition coefficient (Wildman–Crippen LogP) is 3.07. The number of amides is 1. The maximum atomic E-state index is 12.7. The average Bonchev–Trinajstić information content (AvgIpc) is 2.56. The third-order valence-corrected chi connectivity index (χ3v) is 4.94. The Morgan fingerprint density at radius 3 is 2.67 bits per heavy atom. The molecule has 2 aliphatic heterocycles. The lowest BCUT2D eigenvalue weighted by Crippen LogP contribution is -2.46. The van der Waals surface area contributed by atoms with E-state index in [1.54, 1.807) is 0 Å². The van der Waals surface area contributed by atoms with E-state index in [4.69, 9.17) is 0 Å². The van der Waals surface area contributed by atoms with E-state index >= 15 is 0 Å². The van der Waals surface area contributed by atoms with E-state index in [1.807, 2.05) is 18.3 Å². The van der Waals surface area contributed by atoms with Crippen molar-refractivity contribution in [1.82, 2.24) is 9.88 Å². The first-order chi connectivity index (χ1) is 10.2. The van der Waals surface area contributed by atoms with Crippen LogP contribution in [0.15, 0.2) is 22.8 Å². The molecule has 1 amide bonds. The smallest absolute Gasteiger partial charge is 0.227 e. The van der Waals surface area contributed by atoms with Gasteiger partial charge in [-0.1, -0.05) is 0 Å². The van der Waals surface area contributed by atoms with Crippen molar-refractivity contribution in [3.05, 3.63) is 22.8 Å². The topological polar surface area (TPSA) is 36.4 Å². The fourth-order valence-electron chi connectivity index (χ4n) is 3.31. The van der Waals surface area contributed by atoms with Crippen LogP contribution in [0.2, 0.25) is 0 Å². The molecule has 1 unspecified atom stereocenters. The lowest BCUT2D eigenvalue weighted by atomic mass is 9.95. The summed E-state index contributed by atoms with van der Waals surface area (Å²) >= 11 is 3.41. The Labute approximate surface area is 134 Å². The number of nitrogens with zero attached hydrogens (tertiary/aromatic N) is 3. The fraction of sp³-hybridized carbons (Fsp3) is 0.625. The zero-order chi connectivity index (χ0) is 14.7. The Morgan fingerprint density at radius 1 is 1.14 bits per heavy atom. The molecule has 2 fully saturated rings. The number of anilines is 1. The van der Waals surface area contributed by atoms with Gasteiger partial charge in [0.1, 0.15) is 5.82 Å². The third kappa shape index (κ3) is 3.57. The number of aromatic nitrogens is 1. The highest BCUT2D eigenvalue weighted by Gasteiger charge is 2.30. The monoisotopic (exact) mass is 351 g/mol. The molecule has 0 spiro atoms. The predicted molar refractivity (Wildman–Crippen MR) is 87.3 cm³/mol. The molecule has 114 valence electrons. The van der Waals surface area contributed by atoms with E-state index in [-0.39, 0.29) is 5.92 Å². The minimum absolute atomic E-state index is 0.141. The van der Waals surface area contributed by atoms with Gasteiger partial charge in [-0.3, -0.25) is 4.79 Å². The molecule has 1 atom stereocenters. The summed E-state index contributed by atoms with van der Waals surface area (Å²) in [7, 11) is 0. The van der Waals surface area contributed by atoms with E-state index in [0.717, 1.165) is 62.2 Å². The van der Waals surface area contributed by atoms with E-state index in [2.05, 4.69) is 30.7 Å². The first-order valence-corrected chi connectivity index (χ1v) is 8.68. The van der Waals surface area contributed by atoms with Gasteiger partial charge < -0.3 is 9.80 Å². The zero-order valence-corrected chi connectivity index (χ0v) is 13.9. The van der Waals surface area contributed by atoms with Gasteiger partial charge in [-0.25, -0.2) is 4.98 Å². The number of likely N-dealkylation sites (tertiary alicyclic amines) is 1. The van der Waals surface area contributed by atoms with Gasteiger partial charge in [-0.15, -0.1) is 0 Å². The number of halogens is 1. The lowest BCUT2D eigenvalue weighted by molar-refractivity contribution is -0.136.